The maximum absolute atomic E-state index is 13.0. The SMILES string of the molecule is CC(c1ccccc1)C1CC(=O)N(CN2CCN(c3ccccc3)CC2)C1=O. The molecule has 2 atom stereocenters. The van der Waals surface area contributed by atoms with E-state index in [1.165, 1.54) is 10.6 Å². The zero-order valence-electron chi connectivity index (χ0n) is 16.3. The van der Waals surface area contributed by atoms with Gasteiger partial charge in [0.15, 0.2) is 0 Å². The summed E-state index contributed by atoms with van der Waals surface area (Å²) in [6.07, 6.45) is 0.318. The molecule has 2 fully saturated rings. The number of hydrogen-bond donors (Lipinski definition) is 0. The fourth-order valence-corrected chi connectivity index (χ4v) is 4.22. The molecule has 0 aliphatic carbocycles. The largest absolute Gasteiger partial charge is 0.369 e. The van der Waals surface area contributed by atoms with E-state index in [1.54, 1.807) is 0 Å². The van der Waals surface area contributed by atoms with Crippen LogP contribution >= 0.6 is 0 Å². The first kappa shape index (κ1) is 18.7. The maximum Gasteiger partial charge on any atom is 0.234 e. The average molecular weight is 377 g/mol. The third-order valence-electron chi connectivity index (χ3n) is 6.04. The molecule has 2 unspecified atom stereocenters. The highest BCUT2D eigenvalue weighted by Crippen LogP contribution is 2.33. The third kappa shape index (κ3) is 3.80. The lowest BCUT2D eigenvalue weighted by Crippen LogP contribution is -2.51. The number of piperazine rings is 1. The number of anilines is 1. The predicted molar refractivity (Wildman–Crippen MR) is 110 cm³/mol. The molecule has 0 radical (unpaired) electrons. The molecule has 0 bridgehead atoms. The van der Waals surface area contributed by atoms with Crippen molar-refractivity contribution in [1.29, 1.82) is 0 Å². The van der Waals surface area contributed by atoms with Gasteiger partial charge in [0, 0.05) is 38.3 Å². The van der Waals surface area contributed by atoms with Crippen molar-refractivity contribution < 1.29 is 9.59 Å². The zero-order chi connectivity index (χ0) is 19.5. The Morgan fingerprint density at radius 1 is 0.893 bits per heavy atom. The molecule has 4 rings (SSSR count). The summed E-state index contributed by atoms with van der Waals surface area (Å²) in [7, 11) is 0. The van der Waals surface area contributed by atoms with Gasteiger partial charge >= 0.3 is 0 Å². The second-order valence-corrected chi connectivity index (χ2v) is 7.75. The highest BCUT2D eigenvalue weighted by molar-refractivity contribution is 6.03. The third-order valence-corrected chi connectivity index (χ3v) is 6.04. The van der Waals surface area contributed by atoms with Crippen LogP contribution in [0.3, 0.4) is 0 Å². The summed E-state index contributed by atoms with van der Waals surface area (Å²) < 4.78 is 0. The molecule has 5 nitrogen and oxygen atoms in total. The quantitative estimate of drug-likeness (QED) is 0.752. The Hall–Kier alpha value is -2.66. The molecule has 2 saturated heterocycles. The van der Waals surface area contributed by atoms with Gasteiger partial charge in [0.05, 0.1) is 12.6 Å². The number of nitrogens with zero attached hydrogens (tertiary/aromatic N) is 3. The molecule has 0 spiro atoms. The Balaban J connectivity index is 1.35. The Morgan fingerprint density at radius 3 is 2.14 bits per heavy atom. The van der Waals surface area contributed by atoms with E-state index in [4.69, 9.17) is 0 Å². The van der Waals surface area contributed by atoms with Crippen LogP contribution in [-0.2, 0) is 9.59 Å². The number of amides is 2. The Kier molecular flexibility index (Phi) is 5.44. The van der Waals surface area contributed by atoms with Crippen molar-refractivity contribution >= 4 is 17.5 Å². The van der Waals surface area contributed by atoms with Crippen molar-refractivity contribution in [2.24, 2.45) is 5.92 Å². The maximum atomic E-state index is 13.0. The van der Waals surface area contributed by atoms with Crippen molar-refractivity contribution in [3.63, 3.8) is 0 Å². The number of imide groups is 1. The summed E-state index contributed by atoms with van der Waals surface area (Å²) in [6.45, 7) is 5.98. The van der Waals surface area contributed by atoms with Crippen LogP contribution in [0, 0.1) is 5.92 Å². The molecule has 2 heterocycles. The van der Waals surface area contributed by atoms with Crippen LogP contribution in [0.5, 0.6) is 0 Å². The van der Waals surface area contributed by atoms with Gasteiger partial charge in [0.25, 0.3) is 0 Å². The summed E-state index contributed by atoms with van der Waals surface area (Å²) in [5.74, 6) is -0.256. The molecular formula is C23H27N3O2. The van der Waals surface area contributed by atoms with Crippen molar-refractivity contribution in [2.45, 2.75) is 19.3 Å². The lowest BCUT2D eigenvalue weighted by atomic mass is 9.86. The minimum Gasteiger partial charge on any atom is -0.369 e. The van der Waals surface area contributed by atoms with Crippen LogP contribution < -0.4 is 4.90 Å². The number of carbonyl (C=O) groups excluding carboxylic acids is 2. The van der Waals surface area contributed by atoms with Gasteiger partial charge in [-0.25, -0.2) is 0 Å². The minimum absolute atomic E-state index is 0.0214. The molecule has 0 saturated carbocycles. The van der Waals surface area contributed by atoms with Gasteiger partial charge in [-0.3, -0.25) is 19.4 Å². The Labute approximate surface area is 166 Å². The molecule has 2 aromatic carbocycles. The van der Waals surface area contributed by atoms with Gasteiger partial charge < -0.3 is 4.90 Å². The molecule has 28 heavy (non-hydrogen) atoms. The standard InChI is InChI=1S/C23H27N3O2/c1-18(19-8-4-2-5-9-19)21-16-22(27)26(23(21)28)17-24-12-14-25(15-13-24)20-10-6-3-7-11-20/h2-11,18,21H,12-17H2,1H3. The van der Waals surface area contributed by atoms with Gasteiger partial charge in [-0.1, -0.05) is 55.5 Å². The summed E-state index contributed by atoms with van der Waals surface area (Å²) in [5.41, 5.74) is 2.35. The van der Waals surface area contributed by atoms with E-state index in [0.29, 0.717) is 13.1 Å². The number of likely N-dealkylation sites (tertiary alicyclic amines) is 1. The van der Waals surface area contributed by atoms with Gasteiger partial charge in [0.2, 0.25) is 11.8 Å². The smallest absolute Gasteiger partial charge is 0.234 e. The lowest BCUT2D eigenvalue weighted by Gasteiger charge is -2.37. The zero-order valence-corrected chi connectivity index (χ0v) is 16.3. The molecule has 2 aliphatic heterocycles. The van der Waals surface area contributed by atoms with E-state index in [-0.39, 0.29) is 23.7 Å². The molecule has 146 valence electrons. The highest BCUT2D eigenvalue weighted by Gasteiger charge is 2.42. The lowest BCUT2D eigenvalue weighted by molar-refractivity contribution is -0.142. The van der Waals surface area contributed by atoms with Crippen LogP contribution in [0.15, 0.2) is 60.7 Å². The Bertz CT molecular complexity index is 816. The van der Waals surface area contributed by atoms with Gasteiger partial charge in [-0.2, -0.15) is 0 Å². The van der Waals surface area contributed by atoms with Crippen LogP contribution in [-0.4, -0.2) is 54.5 Å². The van der Waals surface area contributed by atoms with Gasteiger partial charge in [-0.05, 0) is 23.6 Å². The highest BCUT2D eigenvalue weighted by atomic mass is 16.2. The van der Waals surface area contributed by atoms with Crippen LogP contribution in [0.25, 0.3) is 0 Å². The molecule has 2 amide bonds. The van der Waals surface area contributed by atoms with E-state index in [2.05, 4.69) is 34.1 Å². The second kappa shape index (κ2) is 8.15. The second-order valence-electron chi connectivity index (χ2n) is 7.75. The molecule has 0 aromatic heterocycles. The predicted octanol–water partition coefficient (Wildman–Crippen LogP) is 2.94. The van der Waals surface area contributed by atoms with E-state index < -0.39 is 0 Å². The summed E-state index contributed by atoms with van der Waals surface area (Å²) in [4.78, 5) is 31.6. The normalized spacial score (nSPS) is 22.0. The Morgan fingerprint density at radius 2 is 1.50 bits per heavy atom. The van der Waals surface area contributed by atoms with Gasteiger partial charge in [-0.15, -0.1) is 0 Å². The fourth-order valence-electron chi connectivity index (χ4n) is 4.22. The number of carbonyl (C=O) groups is 2. The van der Waals surface area contributed by atoms with Crippen LogP contribution in [0.4, 0.5) is 5.69 Å². The number of para-hydroxylation sites is 1. The summed E-state index contributed by atoms with van der Waals surface area (Å²) in [6, 6.07) is 20.4. The van der Waals surface area contributed by atoms with Gasteiger partial charge in [0.1, 0.15) is 0 Å². The summed E-state index contributed by atoms with van der Waals surface area (Å²) in [5, 5.41) is 0. The monoisotopic (exact) mass is 377 g/mol. The molecule has 2 aromatic rings. The molecular weight excluding hydrogens is 350 g/mol. The topological polar surface area (TPSA) is 43.9 Å². The van der Waals surface area contributed by atoms with Crippen LogP contribution in [0.2, 0.25) is 0 Å². The van der Waals surface area contributed by atoms with E-state index >= 15 is 0 Å². The van der Waals surface area contributed by atoms with Crippen molar-refractivity contribution in [2.75, 3.05) is 37.7 Å². The first-order chi connectivity index (χ1) is 13.6. The van der Waals surface area contributed by atoms with Crippen molar-refractivity contribution in [3.8, 4) is 0 Å². The first-order valence-corrected chi connectivity index (χ1v) is 10.0. The molecule has 5 heteroatoms. The number of rotatable bonds is 5. The van der Waals surface area contributed by atoms with Crippen molar-refractivity contribution in [3.05, 3.63) is 66.2 Å². The number of benzene rings is 2. The van der Waals surface area contributed by atoms with E-state index in [0.717, 1.165) is 31.7 Å². The van der Waals surface area contributed by atoms with E-state index in [9.17, 15) is 9.59 Å². The summed E-state index contributed by atoms with van der Waals surface area (Å²) >= 11 is 0. The van der Waals surface area contributed by atoms with Crippen molar-refractivity contribution in [1.82, 2.24) is 9.80 Å². The van der Waals surface area contributed by atoms with E-state index in [1.807, 2.05) is 43.3 Å². The minimum atomic E-state index is -0.250. The molecule has 2 aliphatic rings. The number of hydrogen-bond acceptors (Lipinski definition) is 4. The first-order valence-electron chi connectivity index (χ1n) is 10.0. The molecule has 0 N–H and O–H groups in total. The van der Waals surface area contributed by atoms with Crippen LogP contribution in [0.1, 0.15) is 24.8 Å². The fraction of sp³-hybridized carbons (Fsp3) is 0.391. The average Bonchev–Trinajstić information content (AvgIpc) is 3.03.